The van der Waals surface area contributed by atoms with Gasteiger partial charge in [0.15, 0.2) is 5.82 Å². The average molecular weight is 295 g/mol. The first kappa shape index (κ1) is 10.8. The van der Waals surface area contributed by atoms with Crippen LogP contribution >= 0.6 is 15.9 Å². The molecule has 0 atom stereocenters. The second-order valence-electron chi connectivity index (χ2n) is 4.03. The molecule has 0 radical (unpaired) electrons. The second-order valence-corrected chi connectivity index (χ2v) is 4.89. The van der Waals surface area contributed by atoms with E-state index in [-0.39, 0.29) is 6.61 Å². The zero-order valence-electron chi connectivity index (χ0n) is 9.27. The van der Waals surface area contributed by atoms with Crippen molar-refractivity contribution in [3.63, 3.8) is 0 Å². The van der Waals surface area contributed by atoms with Crippen molar-refractivity contribution in [2.75, 3.05) is 0 Å². The van der Waals surface area contributed by atoms with E-state index < -0.39 is 0 Å². The Kier molecular flexibility index (Phi) is 2.45. The molecule has 1 aliphatic heterocycles. The van der Waals surface area contributed by atoms with E-state index in [0.717, 1.165) is 27.3 Å². The molecule has 1 aromatic heterocycles. The van der Waals surface area contributed by atoms with Crippen molar-refractivity contribution in [3.05, 3.63) is 39.9 Å². The third-order valence-electron chi connectivity index (χ3n) is 2.85. The summed E-state index contributed by atoms with van der Waals surface area (Å²) in [6.45, 7) is 2.41. The van der Waals surface area contributed by atoms with Gasteiger partial charge in [0.1, 0.15) is 12.4 Å². The van der Waals surface area contributed by atoms with Gasteiger partial charge in [0.2, 0.25) is 0 Å². The maximum atomic E-state index is 9.11. The molecule has 0 bridgehead atoms. The predicted octanol–water partition coefficient (Wildman–Crippen LogP) is 2.33. The molecule has 1 aliphatic rings. The predicted molar refractivity (Wildman–Crippen MR) is 66.3 cm³/mol. The molecular weight excluding hydrogens is 284 g/mol. The molecule has 0 unspecified atom stereocenters. The quantitative estimate of drug-likeness (QED) is 0.878. The number of aliphatic hydroxyl groups excluding tert-OH is 1. The molecule has 1 N–H and O–H groups in total. The molecule has 0 saturated carbocycles. The smallest absolute Gasteiger partial charge is 0.151 e. The van der Waals surface area contributed by atoms with Crippen LogP contribution in [-0.4, -0.2) is 14.7 Å². The first-order chi connectivity index (χ1) is 8.19. The Balaban J connectivity index is 2.21. The number of halogens is 1. The number of fused-ring (bicyclic) bond motifs is 3. The number of ether oxygens (including phenoxy) is 1. The second kappa shape index (κ2) is 3.85. The van der Waals surface area contributed by atoms with E-state index in [1.54, 1.807) is 0 Å². The van der Waals surface area contributed by atoms with Gasteiger partial charge in [-0.25, -0.2) is 4.98 Å². The fraction of sp³-hybridized carbons (Fsp3) is 0.250. The Morgan fingerprint density at radius 3 is 3.12 bits per heavy atom. The van der Waals surface area contributed by atoms with Crippen LogP contribution in [0.5, 0.6) is 5.75 Å². The van der Waals surface area contributed by atoms with Crippen LogP contribution in [0.2, 0.25) is 0 Å². The van der Waals surface area contributed by atoms with Gasteiger partial charge in [-0.15, -0.1) is 0 Å². The molecule has 88 valence electrons. The number of nitrogens with zero attached hydrogens (tertiary/aromatic N) is 2. The standard InChI is InChI=1S/C12H11BrN2O2/c1-7-2-10-11(3-9(7)13)17-6-12-14-8(5-16)4-15(10)12/h2-4,16H,5-6H2,1H3. The first-order valence-electron chi connectivity index (χ1n) is 5.30. The third-order valence-corrected chi connectivity index (χ3v) is 3.70. The Morgan fingerprint density at radius 1 is 1.53 bits per heavy atom. The van der Waals surface area contributed by atoms with Crippen molar-refractivity contribution in [1.82, 2.24) is 9.55 Å². The molecule has 0 aliphatic carbocycles. The van der Waals surface area contributed by atoms with Gasteiger partial charge in [-0.3, -0.25) is 4.57 Å². The lowest BCUT2D eigenvalue weighted by Gasteiger charge is -2.20. The number of rotatable bonds is 1. The van der Waals surface area contributed by atoms with Crippen LogP contribution < -0.4 is 4.74 Å². The molecular formula is C12H11BrN2O2. The van der Waals surface area contributed by atoms with E-state index >= 15 is 0 Å². The van der Waals surface area contributed by atoms with Crippen molar-refractivity contribution in [2.45, 2.75) is 20.1 Å². The van der Waals surface area contributed by atoms with Crippen molar-refractivity contribution in [3.8, 4) is 11.4 Å². The van der Waals surface area contributed by atoms with Crippen molar-refractivity contribution < 1.29 is 9.84 Å². The third kappa shape index (κ3) is 1.66. The number of aliphatic hydroxyl groups is 1. The summed E-state index contributed by atoms with van der Waals surface area (Å²) >= 11 is 3.49. The number of hydrogen-bond acceptors (Lipinski definition) is 3. The number of hydrogen-bond donors (Lipinski definition) is 1. The molecule has 0 amide bonds. The van der Waals surface area contributed by atoms with Crippen LogP contribution in [0.3, 0.4) is 0 Å². The van der Waals surface area contributed by atoms with Crippen LogP contribution in [-0.2, 0) is 13.2 Å². The van der Waals surface area contributed by atoms with Crippen molar-refractivity contribution in [2.24, 2.45) is 0 Å². The lowest BCUT2D eigenvalue weighted by atomic mass is 10.2. The average Bonchev–Trinajstić information content (AvgIpc) is 2.74. The minimum Gasteiger partial charge on any atom is -0.483 e. The summed E-state index contributed by atoms with van der Waals surface area (Å²) in [4.78, 5) is 4.30. The SMILES string of the molecule is Cc1cc2c(cc1Br)OCc1nc(CO)cn1-2. The van der Waals surface area contributed by atoms with Gasteiger partial charge in [0.05, 0.1) is 18.0 Å². The van der Waals surface area contributed by atoms with E-state index in [4.69, 9.17) is 9.84 Å². The van der Waals surface area contributed by atoms with Crippen molar-refractivity contribution >= 4 is 15.9 Å². The molecule has 17 heavy (non-hydrogen) atoms. The number of imidazole rings is 1. The largest absolute Gasteiger partial charge is 0.483 e. The van der Waals surface area contributed by atoms with Crippen LogP contribution in [0.25, 0.3) is 5.69 Å². The summed E-state index contributed by atoms with van der Waals surface area (Å²) in [5, 5.41) is 9.11. The Morgan fingerprint density at radius 2 is 2.35 bits per heavy atom. The van der Waals surface area contributed by atoms with Gasteiger partial charge >= 0.3 is 0 Å². The monoisotopic (exact) mass is 294 g/mol. The molecule has 0 saturated heterocycles. The summed E-state index contributed by atoms with van der Waals surface area (Å²) in [5.74, 6) is 1.65. The zero-order valence-corrected chi connectivity index (χ0v) is 10.9. The lowest BCUT2D eigenvalue weighted by molar-refractivity contribution is 0.272. The molecule has 1 aromatic carbocycles. The minimum absolute atomic E-state index is 0.0508. The molecule has 2 heterocycles. The van der Waals surface area contributed by atoms with Crippen molar-refractivity contribution in [1.29, 1.82) is 0 Å². The Bertz CT molecular complexity index is 592. The highest BCUT2D eigenvalue weighted by atomic mass is 79.9. The molecule has 4 nitrogen and oxygen atoms in total. The number of aryl methyl sites for hydroxylation is 1. The zero-order chi connectivity index (χ0) is 12.0. The number of benzene rings is 1. The summed E-state index contributed by atoms with van der Waals surface area (Å²) < 4.78 is 8.65. The molecule has 3 rings (SSSR count). The first-order valence-corrected chi connectivity index (χ1v) is 6.09. The topological polar surface area (TPSA) is 47.3 Å². The highest BCUT2D eigenvalue weighted by Crippen LogP contribution is 2.34. The van der Waals surface area contributed by atoms with Crippen LogP contribution in [0.4, 0.5) is 0 Å². The van der Waals surface area contributed by atoms with E-state index in [9.17, 15) is 0 Å². The normalized spacial score (nSPS) is 12.9. The van der Waals surface area contributed by atoms with Crippen LogP contribution in [0, 0.1) is 6.92 Å². The van der Waals surface area contributed by atoms with Gasteiger partial charge in [0, 0.05) is 10.7 Å². The fourth-order valence-corrected chi connectivity index (χ4v) is 2.28. The van der Waals surface area contributed by atoms with E-state index in [1.807, 2.05) is 29.8 Å². The van der Waals surface area contributed by atoms with Crippen LogP contribution in [0.15, 0.2) is 22.8 Å². The Labute approximate surface area is 107 Å². The molecule has 5 heteroatoms. The maximum absolute atomic E-state index is 9.11. The Hall–Kier alpha value is -1.33. The van der Waals surface area contributed by atoms with Crippen LogP contribution in [0.1, 0.15) is 17.1 Å². The summed E-state index contributed by atoms with van der Waals surface area (Å²) in [6, 6.07) is 4.01. The molecule has 2 aromatic rings. The van der Waals surface area contributed by atoms with E-state index in [0.29, 0.717) is 12.3 Å². The summed E-state index contributed by atoms with van der Waals surface area (Å²) in [5.41, 5.74) is 2.77. The minimum atomic E-state index is -0.0508. The fourth-order valence-electron chi connectivity index (χ4n) is 1.95. The van der Waals surface area contributed by atoms with Gasteiger partial charge < -0.3 is 9.84 Å². The van der Waals surface area contributed by atoms with E-state index in [1.165, 1.54) is 0 Å². The van der Waals surface area contributed by atoms with E-state index in [2.05, 4.69) is 20.9 Å². The molecule has 0 fully saturated rings. The lowest BCUT2D eigenvalue weighted by Crippen LogP contribution is -2.12. The maximum Gasteiger partial charge on any atom is 0.151 e. The van der Waals surface area contributed by atoms with Gasteiger partial charge in [-0.1, -0.05) is 15.9 Å². The molecule has 0 spiro atoms. The van der Waals surface area contributed by atoms with Gasteiger partial charge in [-0.05, 0) is 24.6 Å². The highest BCUT2D eigenvalue weighted by molar-refractivity contribution is 9.10. The highest BCUT2D eigenvalue weighted by Gasteiger charge is 2.20. The summed E-state index contributed by atoms with van der Waals surface area (Å²) in [6.07, 6.45) is 1.85. The number of aromatic nitrogens is 2. The van der Waals surface area contributed by atoms with Gasteiger partial charge in [-0.2, -0.15) is 0 Å². The van der Waals surface area contributed by atoms with Gasteiger partial charge in [0.25, 0.3) is 0 Å². The summed E-state index contributed by atoms with van der Waals surface area (Å²) in [7, 11) is 0.